The van der Waals surface area contributed by atoms with Crippen molar-refractivity contribution in [3.05, 3.63) is 59.5 Å². The molecular weight excluding hydrogens is 258 g/mol. The molecule has 0 unspecified atom stereocenters. The van der Waals surface area contributed by atoms with Gasteiger partial charge in [-0.05, 0) is 11.6 Å². The van der Waals surface area contributed by atoms with Gasteiger partial charge in [-0.3, -0.25) is 4.90 Å². The summed E-state index contributed by atoms with van der Waals surface area (Å²) in [7, 11) is 0. The van der Waals surface area contributed by atoms with Crippen molar-refractivity contribution < 1.29 is 19.4 Å². The molecule has 1 aromatic carbocycles. The summed E-state index contributed by atoms with van der Waals surface area (Å²) < 4.78 is 5.24. The van der Waals surface area contributed by atoms with E-state index in [0.717, 1.165) is 5.56 Å². The summed E-state index contributed by atoms with van der Waals surface area (Å²) >= 11 is 0. The third kappa shape index (κ3) is 3.69. The number of aromatic carboxylic acids is 1. The van der Waals surface area contributed by atoms with Crippen LogP contribution in [0.2, 0.25) is 0 Å². The first-order valence-corrected chi connectivity index (χ1v) is 6.37. The smallest absolute Gasteiger partial charge is 0.339 e. The van der Waals surface area contributed by atoms with E-state index in [0.29, 0.717) is 25.4 Å². The zero-order valence-electron chi connectivity index (χ0n) is 11.0. The number of rotatable bonds is 7. The number of hydrogen-bond donors (Lipinski definition) is 2. The van der Waals surface area contributed by atoms with E-state index in [4.69, 9.17) is 14.6 Å². The lowest BCUT2D eigenvalue weighted by Crippen LogP contribution is -2.26. The fraction of sp³-hybridized carbons (Fsp3) is 0.267. The van der Waals surface area contributed by atoms with Gasteiger partial charge >= 0.3 is 5.97 Å². The van der Waals surface area contributed by atoms with Crippen LogP contribution in [0, 0.1) is 0 Å². The Bertz CT molecular complexity index is 550. The lowest BCUT2D eigenvalue weighted by Gasteiger charge is -2.20. The van der Waals surface area contributed by atoms with Crippen LogP contribution in [0.5, 0.6) is 0 Å². The molecule has 0 aliphatic rings. The molecule has 2 rings (SSSR count). The van der Waals surface area contributed by atoms with E-state index in [-0.39, 0.29) is 12.2 Å². The van der Waals surface area contributed by atoms with Gasteiger partial charge in [-0.15, -0.1) is 0 Å². The fourth-order valence-corrected chi connectivity index (χ4v) is 2.05. The molecule has 1 aromatic heterocycles. The topological polar surface area (TPSA) is 73.9 Å². The number of hydrogen-bond acceptors (Lipinski definition) is 4. The van der Waals surface area contributed by atoms with Gasteiger partial charge in [0.2, 0.25) is 0 Å². The lowest BCUT2D eigenvalue weighted by molar-refractivity contribution is 0.0692. The summed E-state index contributed by atoms with van der Waals surface area (Å²) in [6, 6.07) is 11.3. The average molecular weight is 275 g/mol. The summed E-state index contributed by atoms with van der Waals surface area (Å²) in [6.45, 7) is 1.44. The van der Waals surface area contributed by atoms with Crippen molar-refractivity contribution in [2.24, 2.45) is 0 Å². The van der Waals surface area contributed by atoms with E-state index >= 15 is 0 Å². The second-order valence-corrected chi connectivity index (χ2v) is 4.48. The first-order valence-electron chi connectivity index (χ1n) is 6.37. The number of aliphatic hydroxyl groups is 1. The average Bonchev–Trinajstić information content (AvgIpc) is 2.88. The molecule has 0 spiro atoms. The van der Waals surface area contributed by atoms with Crippen molar-refractivity contribution in [2.45, 2.75) is 13.1 Å². The standard InChI is InChI=1S/C15H17NO4/c17-8-7-16(10-12-4-2-1-3-5-12)11-14-13(15(18)19)6-9-20-14/h1-6,9,17H,7-8,10-11H2,(H,18,19). The van der Waals surface area contributed by atoms with Crippen LogP contribution < -0.4 is 0 Å². The van der Waals surface area contributed by atoms with Gasteiger partial charge in [0, 0.05) is 13.1 Å². The van der Waals surface area contributed by atoms with Crippen LogP contribution in [0.3, 0.4) is 0 Å². The number of carboxylic acids is 1. The number of furan rings is 1. The number of benzene rings is 1. The first-order chi connectivity index (χ1) is 9.70. The lowest BCUT2D eigenvalue weighted by atomic mass is 10.2. The van der Waals surface area contributed by atoms with Gasteiger partial charge in [-0.2, -0.15) is 0 Å². The maximum absolute atomic E-state index is 11.1. The van der Waals surface area contributed by atoms with Crippen molar-refractivity contribution in [3.63, 3.8) is 0 Å². The van der Waals surface area contributed by atoms with Crippen molar-refractivity contribution >= 4 is 5.97 Å². The number of nitrogens with zero attached hydrogens (tertiary/aromatic N) is 1. The zero-order valence-corrected chi connectivity index (χ0v) is 11.0. The van der Waals surface area contributed by atoms with Crippen LogP contribution >= 0.6 is 0 Å². The van der Waals surface area contributed by atoms with Gasteiger partial charge in [0.05, 0.1) is 19.4 Å². The van der Waals surface area contributed by atoms with Crippen molar-refractivity contribution in [3.8, 4) is 0 Å². The molecule has 2 aromatic rings. The molecular formula is C15H17NO4. The molecule has 0 fully saturated rings. The molecule has 0 amide bonds. The van der Waals surface area contributed by atoms with Crippen LogP contribution in [0.25, 0.3) is 0 Å². The van der Waals surface area contributed by atoms with Crippen molar-refractivity contribution in [1.82, 2.24) is 4.90 Å². The van der Waals surface area contributed by atoms with Gasteiger partial charge in [-0.1, -0.05) is 30.3 Å². The van der Waals surface area contributed by atoms with E-state index in [9.17, 15) is 4.79 Å². The SMILES string of the molecule is O=C(O)c1ccoc1CN(CCO)Cc1ccccc1. The Morgan fingerprint density at radius 3 is 2.55 bits per heavy atom. The maximum Gasteiger partial charge on any atom is 0.339 e. The van der Waals surface area contributed by atoms with E-state index < -0.39 is 5.97 Å². The Morgan fingerprint density at radius 2 is 1.90 bits per heavy atom. The Hall–Kier alpha value is -2.11. The molecule has 0 atom stereocenters. The largest absolute Gasteiger partial charge is 0.478 e. The highest BCUT2D eigenvalue weighted by Gasteiger charge is 2.16. The third-order valence-corrected chi connectivity index (χ3v) is 3.01. The second-order valence-electron chi connectivity index (χ2n) is 4.48. The molecule has 0 aliphatic heterocycles. The predicted molar refractivity (Wildman–Crippen MR) is 73.3 cm³/mol. The van der Waals surface area contributed by atoms with Crippen LogP contribution in [-0.4, -0.2) is 34.2 Å². The number of carboxylic acid groups (broad SMARTS) is 1. The van der Waals surface area contributed by atoms with Crippen molar-refractivity contribution in [2.75, 3.05) is 13.2 Å². The Morgan fingerprint density at radius 1 is 1.15 bits per heavy atom. The fourth-order valence-electron chi connectivity index (χ4n) is 2.05. The molecule has 5 heteroatoms. The summed E-state index contributed by atoms with van der Waals surface area (Å²) in [5.41, 5.74) is 1.27. The van der Waals surface area contributed by atoms with Crippen LogP contribution in [0.4, 0.5) is 0 Å². The van der Waals surface area contributed by atoms with Crippen LogP contribution in [0.1, 0.15) is 21.7 Å². The normalized spacial score (nSPS) is 10.9. The summed E-state index contributed by atoms with van der Waals surface area (Å²) in [5, 5.41) is 18.2. The Kier molecular flexibility index (Phi) is 4.92. The summed E-state index contributed by atoms with van der Waals surface area (Å²) in [6.07, 6.45) is 1.37. The number of aliphatic hydroxyl groups excluding tert-OH is 1. The van der Waals surface area contributed by atoms with E-state index in [1.54, 1.807) is 0 Å². The minimum Gasteiger partial charge on any atom is -0.478 e. The Labute approximate surface area is 117 Å². The van der Waals surface area contributed by atoms with Gasteiger partial charge in [0.15, 0.2) is 0 Å². The van der Waals surface area contributed by atoms with Gasteiger partial charge in [0.25, 0.3) is 0 Å². The molecule has 2 N–H and O–H groups in total. The van der Waals surface area contributed by atoms with Crippen molar-refractivity contribution in [1.29, 1.82) is 0 Å². The summed E-state index contributed by atoms with van der Waals surface area (Å²) in [4.78, 5) is 13.0. The summed E-state index contributed by atoms with van der Waals surface area (Å²) in [5.74, 6) is -0.598. The van der Waals surface area contributed by atoms with Gasteiger partial charge < -0.3 is 14.6 Å². The van der Waals surface area contributed by atoms with Crippen LogP contribution in [-0.2, 0) is 13.1 Å². The monoisotopic (exact) mass is 275 g/mol. The highest BCUT2D eigenvalue weighted by Crippen LogP contribution is 2.15. The molecule has 0 bridgehead atoms. The molecule has 20 heavy (non-hydrogen) atoms. The van der Waals surface area contributed by atoms with E-state index in [1.165, 1.54) is 12.3 Å². The molecule has 0 radical (unpaired) electrons. The van der Waals surface area contributed by atoms with E-state index in [1.807, 2.05) is 35.2 Å². The van der Waals surface area contributed by atoms with E-state index in [2.05, 4.69) is 0 Å². The highest BCUT2D eigenvalue weighted by molar-refractivity contribution is 5.88. The Balaban J connectivity index is 2.09. The second kappa shape index (κ2) is 6.88. The minimum absolute atomic E-state index is 0.00987. The van der Waals surface area contributed by atoms with Crippen LogP contribution in [0.15, 0.2) is 47.1 Å². The zero-order chi connectivity index (χ0) is 14.4. The molecule has 0 aliphatic carbocycles. The highest BCUT2D eigenvalue weighted by atomic mass is 16.4. The maximum atomic E-state index is 11.1. The molecule has 1 heterocycles. The quantitative estimate of drug-likeness (QED) is 0.808. The third-order valence-electron chi connectivity index (χ3n) is 3.01. The number of carbonyl (C=O) groups is 1. The van der Waals surface area contributed by atoms with Gasteiger partial charge in [0.1, 0.15) is 11.3 Å². The molecule has 5 nitrogen and oxygen atoms in total. The molecule has 0 saturated carbocycles. The molecule has 106 valence electrons. The van der Waals surface area contributed by atoms with Gasteiger partial charge in [-0.25, -0.2) is 4.79 Å². The first kappa shape index (κ1) is 14.3. The minimum atomic E-state index is -1.00. The molecule has 0 saturated heterocycles. The predicted octanol–water partition coefficient (Wildman–Crippen LogP) is 1.97.